The zero-order valence-corrected chi connectivity index (χ0v) is 9.72. The molecule has 17 heavy (non-hydrogen) atoms. The van der Waals surface area contributed by atoms with Crippen LogP contribution in [-0.4, -0.2) is 37.3 Å². The van der Waals surface area contributed by atoms with E-state index in [1.54, 1.807) is 6.20 Å². The smallest absolute Gasteiger partial charge is 0.407 e. The van der Waals surface area contributed by atoms with E-state index in [0.29, 0.717) is 5.82 Å². The molecule has 2 rings (SSSR count). The first-order valence-corrected chi connectivity index (χ1v) is 5.50. The van der Waals surface area contributed by atoms with Crippen LogP contribution in [-0.2, 0) is 4.74 Å². The van der Waals surface area contributed by atoms with E-state index < -0.39 is 0 Å². The van der Waals surface area contributed by atoms with Crippen molar-refractivity contribution in [1.82, 2.24) is 10.3 Å². The van der Waals surface area contributed by atoms with Gasteiger partial charge >= 0.3 is 6.09 Å². The monoisotopic (exact) mass is 236 g/mol. The number of pyridine rings is 1. The van der Waals surface area contributed by atoms with Crippen molar-refractivity contribution in [3.63, 3.8) is 0 Å². The highest BCUT2D eigenvalue weighted by atomic mass is 16.5. The quantitative estimate of drug-likeness (QED) is 0.786. The fraction of sp³-hybridized carbons (Fsp3) is 0.455. The van der Waals surface area contributed by atoms with Crippen molar-refractivity contribution in [1.29, 1.82) is 0 Å². The molecule has 1 aliphatic rings. The van der Waals surface area contributed by atoms with Crippen molar-refractivity contribution in [2.75, 3.05) is 30.8 Å². The van der Waals surface area contributed by atoms with Crippen molar-refractivity contribution in [3.8, 4) is 0 Å². The van der Waals surface area contributed by atoms with E-state index in [1.165, 1.54) is 7.11 Å². The summed E-state index contributed by atoms with van der Waals surface area (Å²) in [5.41, 5.74) is 6.67. The maximum absolute atomic E-state index is 11.1. The zero-order chi connectivity index (χ0) is 12.3. The number of anilines is 2. The van der Waals surface area contributed by atoms with Crippen LogP contribution in [0, 0.1) is 0 Å². The van der Waals surface area contributed by atoms with Crippen LogP contribution in [0.25, 0.3) is 0 Å². The number of carbonyl (C=O) groups is 1. The van der Waals surface area contributed by atoms with Crippen LogP contribution in [0.5, 0.6) is 0 Å². The predicted molar refractivity (Wildman–Crippen MR) is 64.8 cm³/mol. The molecule has 0 aliphatic carbocycles. The molecule has 6 heteroatoms. The summed E-state index contributed by atoms with van der Waals surface area (Å²) in [4.78, 5) is 17.2. The SMILES string of the molecule is COC(=O)NC1CCN(c2ccnc(N)c2)C1. The highest BCUT2D eigenvalue weighted by Gasteiger charge is 2.24. The van der Waals surface area contributed by atoms with Gasteiger partial charge in [0.15, 0.2) is 0 Å². The Kier molecular flexibility index (Phi) is 3.32. The van der Waals surface area contributed by atoms with Crippen molar-refractivity contribution in [3.05, 3.63) is 18.3 Å². The van der Waals surface area contributed by atoms with Crippen LogP contribution in [0.1, 0.15) is 6.42 Å². The third-order valence-corrected chi connectivity index (χ3v) is 2.83. The van der Waals surface area contributed by atoms with Gasteiger partial charge in [0.25, 0.3) is 0 Å². The number of nitrogens with one attached hydrogen (secondary N) is 1. The minimum absolute atomic E-state index is 0.122. The van der Waals surface area contributed by atoms with Crippen LogP contribution in [0.2, 0.25) is 0 Å². The lowest BCUT2D eigenvalue weighted by molar-refractivity contribution is 0.167. The number of ether oxygens (including phenoxy) is 1. The Balaban J connectivity index is 1.96. The number of rotatable bonds is 2. The van der Waals surface area contributed by atoms with Crippen LogP contribution in [0.4, 0.5) is 16.3 Å². The number of nitrogen functional groups attached to an aromatic ring is 1. The van der Waals surface area contributed by atoms with Crippen LogP contribution < -0.4 is 16.0 Å². The second-order valence-electron chi connectivity index (χ2n) is 4.01. The van der Waals surface area contributed by atoms with Gasteiger partial charge in [-0.25, -0.2) is 9.78 Å². The molecule has 0 saturated carbocycles. The molecule has 1 amide bonds. The molecule has 92 valence electrons. The predicted octanol–water partition coefficient (Wildman–Crippen LogP) is 0.598. The number of hydrogen-bond acceptors (Lipinski definition) is 5. The molecule has 1 fully saturated rings. The number of hydrogen-bond donors (Lipinski definition) is 2. The van der Waals surface area contributed by atoms with E-state index in [2.05, 4.69) is 19.9 Å². The fourth-order valence-corrected chi connectivity index (χ4v) is 1.97. The lowest BCUT2D eigenvalue weighted by Crippen LogP contribution is -2.36. The first-order valence-electron chi connectivity index (χ1n) is 5.50. The summed E-state index contributed by atoms with van der Waals surface area (Å²) >= 11 is 0. The second kappa shape index (κ2) is 4.90. The summed E-state index contributed by atoms with van der Waals surface area (Å²) < 4.78 is 4.57. The Labute approximate surface area is 99.8 Å². The van der Waals surface area contributed by atoms with Crippen LogP contribution >= 0.6 is 0 Å². The van der Waals surface area contributed by atoms with Gasteiger partial charge in [0.05, 0.1) is 13.2 Å². The third kappa shape index (κ3) is 2.77. The average molecular weight is 236 g/mol. The van der Waals surface area contributed by atoms with E-state index in [-0.39, 0.29) is 12.1 Å². The summed E-state index contributed by atoms with van der Waals surface area (Å²) in [6.07, 6.45) is 2.20. The van der Waals surface area contributed by atoms with Gasteiger partial charge in [0, 0.05) is 31.0 Å². The summed E-state index contributed by atoms with van der Waals surface area (Å²) in [6, 6.07) is 3.87. The Morgan fingerprint density at radius 3 is 3.24 bits per heavy atom. The second-order valence-corrected chi connectivity index (χ2v) is 4.01. The summed E-state index contributed by atoms with van der Waals surface area (Å²) in [6.45, 7) is 1.65. The van der Waals surface area contributed by atoms with Crippen molar-refractivity contribution >= 4 is 17.6 Å². The molecule has 3 N–H and O–H groups in total. The number of amides is 1. The van der Waals surface area contributed by atoms with E-state index in [1.807, 2.05) is 12.1 Å². The first-order chi connectivity index (χ1) is 8.19. The Bertz CT molecular complexity index is 410. The van der Waals surface area contributed by atoms with Crippen LogP contribution in [0.15, 0.2) is 18.3 Å². The van der Waals surface area contributed by atoms with Gasteiger partial charge in [-0.05, 0) is 12.5 Å². The molecular formula is C11H16N4O2. The molecule has 0 spiro atoms. The van der Waals surface area contributed by atoms with Gasteiger partial charge in [-0.1, -0.05) is 0 Å². The standard InChI is InChI=1S/C11H16N4O2/c1-17-11(16)14-8-3-5-15(7-8)9-2-4-13-10(12)6-9/h2,4,6,8H,3,5,7H2,1H3,(H2,12,13)(H,14,16). The summed E-state index contributed by atoms with van der Waals surface area (Å²) in [5, 5.41) is 2.79. The highest BCUT2D eigenvalue weighted by Crippen LogP contribution is 2.21. The van der Waals surface area contributed by atoms with Crippen LogP contribution in [0.3, 0.4) is 0 Å². The molecule has 0 bridgehead atoms. The topological polar surface area (TPSA) is 80.5 Å². The minimum Gasteiger partial charge on any atom is -0.453 e. The van der Waals surface area contributed by atoms with Crippen molar-refractivity contribution < 1.29 is 9.53 Å². The van der Waals surface area contributed by atoms with Gasteiger partial charge < -0.3 is 20.7 Å². The van der Waals surface area contributed by atoms with E-state index >= 15 is 0 Å². The molecule has 1 atom stereocenters. The molecule has 1 saturated heterocycles. The number of nitrogens with zero attached hydrogens (tertiary/aromatic N) is 2. The van der Waals surface area contributed by atoms with E-state index in [9.17, 15) is 4.79 Å². The molecule has 0 radical (unpaired) electrons. The largest absolute Gasteiger partial charge is 0.453 e. The summed E-state index contributed by atoms with van der Waals surface area (Å²) in [5.74, 6) is 0.506. The number of nitrogens with two attached hydrogens (primary N) is 1. The molecule has 1 unspecified atom stereocenters. The van der Waals surface area contributed by atoms with Gasteiger partial charge in [0.1, 0.15) is 5.82 Å². The molecule has 2 heterocycles. The lowest BCUT2D eigenvalue weighted by Gasteiger charge is -2.18. The molecule has 1 aliphatic heterocycles. The van der Waals surface area contributed by atoms with Gasteiger partial charge in [-0.15, -0.1) is 0 Å². The Morgan fingerprint density at radius 1 is 1.71 bits per heavy atom. The molecule has 1 aromatic rings. The molecule has 0 aromatic carbocycles. The summed E-state index contributed by atoms with van der Waals surface area (Å²) in [7, 11) is 1.37. The highest BCUT2D eigenvalue weighted by molar-refractivity contribution is 5.67. The Morgan fingerprint density at radius 2 is 2.53 bits per heavy atom. The van der Waals surface area contributed by atoms with Gasteiger partial charge in [-0.3, -0.25) is 0 Å². The van der Waals surface area contributed by atoms with E-state index in [4.69, 9.17) is 5.73 Å². The maximum atomic E-state index is 11.1. The fourth-order valence-electron chi connectivity index (χ4n) is 1.97. The molecular weight excluding hydrogens is 220 g/mol. The lowest BCUT2D eigenvalue weighted by atomic mass is 10.3. The van der Waals surface area contributed by atoms with Gasteiger partial charge in [-0.2, -0.15) is 0 Å². The first kappa shape index (κ1) is 11.5. The van der Waals surface area contributed by atoms with Crippen molar-refractivity contribution in [2.45, 2.75) is 12.5 Å². The van der Waals surface area contributed by atoms with Gasteiger partial charge in [0.2, 0.25) is 0 Å². The molecule has 1 aromatic heterocycles. The number of methoxy groups -OCH3 is 1. The Hall–Kier alpha value is -1.98. The van der Waals surface area contributed by atoms with Crippen molar-refractivity contribution in [2.24, 2.45) is 0 Å². The third-order valence-electron chi connectivity index (χ3n) is 2.83. The van der Waals surface area contributed by atoms with E-state index in [0.717, 1.165) is 25.2 Å². The molecule has 6 nitrogen and oxygen atoms in total. The minimum atomic E-state index is -0.383. The normalized spacial score (nSPS) is 19.1. The number of carbonyl (C=O) groups excluding carboxylic acids is 1. The average Bonchev–Trinajstić information content (AvgIpc) is 2.77. The zero-order valence-electron chi connectivity index (χ0n) is 9.72. The maximum Gasteiger partial charge on any atom is 0.407 e. The number of aromatic nitrogens is 1. The number of alkyl carbamates (subject to hydrolysis) is 1.